The Kier molecular flexibility index (Phi) is 4.96. The lowest BCUT2D eigenvalue weighted by Crippen LogP contribution is -2.32. The zero-order valence-corrected chi connectivity index (χ0v) is 11.6. The van der Waals surface area contributed by atoms with E-state index in [1.165, 1.54) is 0 Å². The molecule has 1 heterocycles. The fourth-order valence-corrected chi connectivity index (χ4v) is 2.21. The minimum absolute atomic E-state index is 0.121. The van der Waals surface area contributed by atoms with Crippen molar-refractivity contribution in [3.63, 3.8) is 0 Å². The molecular weight excluding hydrogens is 252 g/mol. The van der Waals surface area contributed by atoms with Crippen molar-refractivity contribution in [2.45, 2.75) is 25.9 Å². The van der Waals surface area contributed by atoms with E-state index in [9.17, 15) is 9.90 Å². The minimum Gasteiger partial charge on any atom is -0.394 e. The summed E-state index contributed by atoms with van der Waals surface area (Å²) in [6.07, 6.45) is 2.87. The summed E-state index contributed by atoms with van der Waals surface area (Å²) in [5, 5.41) is 12.4. The molecule has 1 amide bonds. The molecule has 1 aromatic carbocycles. The van der Waals surface area contributed by atoms with Crippen molar-refractivity contribution in [1.82, 2.24) is 9.88 Å². The topological polar surface area (TPSA) is 54.3 Å². The number of nitrogens with zero attached hydrogens (tertiary/aromatic N) is 1. The zero-order chi connectivity index (χ0) is 14.4. The van der Waals surface area contributed by atoms with E-state index in [2.05, 4.69) is 12.2 Å². The van der Waals surface area contributed by atoms with Crippen molar-refractivity contribution in [3.8, 4) is 0 Å². The Balaban J connectivity index is 2.11. The van der Waals surface area contributed by atoms with Gasteiger partial charge in [-0.15, -0.1) is 0 Å². The van der Waals surface area contributed by atoms with Gasteiger partial charge in [0.05, 0.1) is 12.6 Å². The second kappa shape index (κ2) is 6.91. The molecule has 106 valence electrons. The highest BCUT2D eigenvalue weighted by molar-refractivity contribution is 5.93. The SMILES string of the molecule is CCCn1cccc1C(=O)N[C@@H](CO)c1ccccc1. The number of aromatic nitrogens is 1. The number of aliphatic hydroxyl groups is 1. The van der Waals surface area contributed by atoms with Gasteiger partial charge in [-0.3, -0.25) is 4.79 Å². The van der Waals surface area contributed by atoms with Gasteiger partial charge in [0.15, 0.2) is 0 Å². The van der Waals surface area contributed by atoms with Gasteiger partial charge in [-0.25, -0.2) is 0 Å². The average Bonchev–Trinajstić information content (AvgIpc) is 2.94. The summed E-state index contributed by atoms with van der Waals surface area (Å²) < 4.78 is 1.93. The molecule has 2 aromatic rings. The van der Waals surface area contributed by atoms with Gasteiger partial charge in [-0.05, 0) is 24.1 Å². The first kappa shape index (κ1) is 14.3. The second-order valence-electron chi connectivity index (χ2n) is 4.71. The van der Waals surface area contributed by atoms with Crippen LogP contribution in [-0.4, -0.2) is 22.2 Å². The van der Waals surface area contributed by atoms with Gasteiger partial charge in [0.25, 0.3) is 5.91 Å². The van der Waals surface area contributed by atoms with Crippen LogP contribution in [0, 0.1) is 0 Å². The fraction of sp³-hybridized carbons (Fsp3) is 0.312. The number of carbonyl (C=O) groups is 1. The maximum atomic E-state index is 12.3. The maximum Gasteiger partial charge on any atom is 0.268 e. The van der Waals surface area contributed by atoms with Crippen molar-refractivity contribution in [2.75, 3.05) is 6.61 Å². The Morgan fingerprint density at radius 2 is 2.00 bits per heavy atom. The number of benzene rings is 1. The number of hydrogen-bond donors (Lipinski definition) is 2. The molecule has 20 heavy (non-hydrogen) atoms. The van der Waals surface area contributed by atoms with Crippen LogP contribution in [0.25, 0.3) is 0 Å². The standard InChI is InChI=1S/C16H20N2O2/c1-2-10-18-11-6-9-15(18)16(20)17-14(12-19)13-7-4-3-5-8-13/h3-9,11,14,19H,2,10,12H2,1H3,(H,17,20)/t14-/m0/s1. The van der Waals surface area contributed by atoms with E-state index in [-0.39, 0.29) is 18.6 Å². The van der Waals surface area contributed by atoms with Gasteiger partial charge < -0.3 is 15.0 Å². The molecule has 0 saturated carbocycles. The van der Waals surface area contributed by atoms with Crippen molar-refractivity contribution in [2.24, 2.45) is 0 Å². The molecule has 2 rings (SSSR count). The summed E-state index contributed by atoms with van der Waals surface area (Å²) in [4.78, 5) is 12.3. The van der Waals surface area contributed by atoms with Gasteiger partial charge in [0, 0.05) is 12.7 Å². The van der Waals surface area contributed by atoms with E-state index in [1.807, 2.05) is 47.2 Å². The van der Waals surface area contributed by atoms with Crippen LogP contribution in [0.2, 0.25) is 0 Å². The number of carbonyl (C=O) groups excluding carboxylic acids is 1. The predicted octanol–water partition coefficient (Wildman–Crippen LogP) is 2.36. The molecule has 0 aliphatic heterocycles. The highest BCUT2D eigenvalue weighted by Gasteiger charge is 2.16. The Hall–Kier alpha value is -2.07. The number of aryl methyl sites for hydroxylation is 1. The summed E-state index contributed by atoms with van der Waals surface area (Å²) in [6, 6.07) is 12.8. The molecule has 4 heteroatoms. The summed E-state index contributed by atoms with van der Waals surface area (Å²) >= 11 is 0. The van der Waals surface area contributed by atoms with Crippen LogP contribution in [-0.2, 0) is 6.54 Å². The molecule has 0 fully saturated rings. The van der Waals surface area contributed by atoms with Gasteiger partial charge in [0.1, 0.15) is 5.69 Å². The summed E-state index contributed by atoms with van der Waals surface area (Å²) in [5.74, 6) is -0.161. The Bertz CT molecular complexity index is 549. The third-order valence-electron chi connectivity index (χ3n) is 3.22. The number of hydrogen-bond acceptors (Lipinski definition) is 2. The Morgan fingerprint density at radius 1 is 1.25 bits per heavy atom. The summed E-state index contributed by atoms with van der Waals surface area (Å²) in [5.41, 5.74) is 1.53. The van der Waals surface area contributed by atoms with Crippen LogP contribution < -0.4 is 5.32 Å². The lowest BCUT2D eigenvalue weighted by Gasteiger charge is -2.17. The van der Waals surface area contributed by atoms with Gasteiger partial charge in [-0.2, -0.15) is 0 Å². The Labute approximate surface area is 119 Å². The third-order valence-corrected chi connectivity index (χ3v) is 3.22. The largest absolute Gasteiger partial charge is 0.394 e. The first-order chi connectivity index (χ1) is 9.76. The molecule has 0 spiro atoms. The van der Waals surface area contributed by atoms with Gasteiger partial charge >= 0.3 is 0 Å². The van der Waals surface area contributed by atoms with Crippen LogP contribution >= 0.6 is 0 Å². The monoisotopic (exact) mass is 272 g/mol. The highest BCUT2D eigenvalue weighted by Crippen LogP contribution is 2.13. The molecule has 4 nitrogen and oxygen atoms in total. The Morgan fingerprint density at radius 3 is 2.65 bits per heavy atom. The van der Waals surface area contributed by atoms with Crippen LogP contribution in [0.1, 0.15) is 35.4 Å². The van der Waals surface area contributed by atoms with Crippen molar-refractivity contribution in [3.05, 3.63) is 59.9 Å². The molecule has 0 radical (unpaired) electrons. The minimum atomic E-state index is -0.381. The molecular formula is C16H20N2O2. The molecule has 1 aromatic heterocycles. The number of nitrogens with one attached hydrogen (secondary N) is 1. The zero-order valence-electron chi connectivity index (χ0n) is 11.6. The second-order valence-corrected chi connectivity index (χ2v) is 4.71. The summed E-state index contributed by atoms with van der Waals surface area (Å²) in [6.45, 7) is 2.76. The number of aliphatic hydroxyl groups excluding tert-OH is 1. The normalized spacial score (nSPS) is 12.1. The molecule has 1 atom stereocenters. The quantitative estimate of drug-likeness (QED) is 0.848. The molecule has 0 saturated heterocycles. The third kappa shape index (κ3) is 3.27. The van der Waals surface area contributed by atoms with Crippen molar-refractivity contribution >= 4 is 5.91 Å². The maximum absolute atomic E-state index is 12.3. The lowest BCUT2D eigenvalue weighted by molar-refractivity contribution is 0.0906. The first-order valence-corrected chi connectivity index (χ1v) is 6.88. The van der Waals surface area contributed by atoms with E-state index < -0.39 is 0 Å². The van der Waals surface area contributed by atoms with Crippen LogP contribution in [0.15, 0.2) is 48.7 Å². The van der Waals surface area contributed by atoms with Gasteiger partial charge in [0.2, 0.25) is 0 Å². The van der Waals surface area contributed by atoms with E-state index in [4.69, 9.17) is 0 Å². The lowest BCUT2D eigenvalue weighted by atomic mass is 10.1. The molecule has 0 unspecified atom stereocenters. The molecule has 0 aliphatic rings. The van der Waals surface area contributed by atoms with Gasteiger partial charge in [-0.1, -0.05) is 37.3 Å². The van der Waals surface area contributed by atoms with Crippen LogP contribution in [0.5, 0.6) is 0 Å². The highest BCUT2D eigenvalue weighted by atomic mass is 16.3. The molecule has 0 bridgehead atoms. The van der Waals surface area contributed by atoms with Crippen molar-refractivity contribution in [1.29, 1.82) is 0 Å². The van der Waals surface area contributed by atoms with E-state index >= 15 is 0 Å². The van der Waals surface area contributed by atoms with Crippen LogP contribution in [0.3, 0.4) is 0 Å². The van der Waals surface area contributed by atoms with E-state index in [1.54, 1.807) is 6.07 Å². The predicted molar refractivity (Wildman–Crippen MR) is 78.5 cm³/mol. The van der Waals surface area contributed by atoms with Crippen molar-refractivity contribution < 1.29 is 9.90 Å². The number of amides is 1. The first-order valence-electron chi connectivity index (χ1n) is 6.88. The van der Waals surface area contributed by atoms with E-state index in [0.717, 1.165) is 18.5 Å². The van der Waals surface area contributed by atoms with E-state index in [0.29, 0.717) is 5.69 Å². The molecule has 2 N–H and O–H groups in total. The summed E-state index contributed by atoms with van der Waals surface area (Å²) in [7, 11) is 0. The number of rotatable bonds is 6. The smallest absolute Gasteiger partial charge is 0.268 e. The average molecular weight is 272 g/mol. The van der Waals surface area contributed by atoms with Crippen LogP contribution in [0.4, 0.5) is 0 Å². The fourth-order valence-electron chi connectivity index (χ4n) is 2.21. The molecule has 0 aliphatic carbocycles.